The molecule has 0 bridgehead atoms. The lowest BCUT2D eigenvalue weighted by molar-refractivity contribution is 0.483. The normalized spacial score (nSPS) is 10.9. The summed E-state index contributed by atoms with van der Waals surface area (Å²) < 4.78 is 6.80. The lowest BCUT2D eigenvalue weighted by Crippen LogP contribution is -2.11. The van der Waals surface area contributed by atoms with Gasteiger partial charge in [0.05, 0.1) is 21.4 Å². The minimum Gasteiger partial charge on any atom is -0.438 e. The Labute approximate surface area is 107 Å². The first-order valence-corrected chi connectivity index (χ1v) is 6.73. The topological polar surface area (TPSA) is 38.1 Å². The lowest BCUT2D eigenvalue weighted by atomic mass is 10.3. The first kappa shape index (κ1) is 11.8. The van der Waals surface area contributed by atoms with Crippen LogP contribution < -0.4 is 5.32 Å². The van der Waals surface area contributed by atoms with Crippen LogP contribution >= 0.6 is 27.3 Å². The first-order chi connectivity index (χ1) is 7.70. The fourth-order valence-corrected chi connectivity index (χ4v) is 2.80. The largest absolute Gasteiger partial charge is 0.438 e. The molecule has 0 amide bonds. The Morgan fingerprint density at radius 1 is 1.56 bits per heavy atom. The average molecular weight is 301 g/mol. The Morgan fingerprint density at radius 3 is 3.00 bits per heavy atom. The summed E-state index contributed by atoms with van der Waals surface area (Å²) in [5, 5.41) is 3.18. The van der Waals surface area contributed by atoms with Crippen molar-refractivity contribution < 1.29 is 4.42 Å². The van der Waals surface area contributed by atoms with Gasteiger partial charge in [-0.1, -0.05) is 6.92 Å². The molecule has 1 N–H and O–H groups in total. The van der Waals surface area contributed by atoms with E-state index in [4.69, 9.17) is 4.42 Å². The summed E-state index contributed by atoms with van der Waals surface area (Å²) in [4.78, 5) is 5.34. The van der Waals surface area contributed by atoms with Crippen LogP contribution in [0.15, 0.2) is 20.5 Å². The number of oxazole rings is 1. The number of aromatic nitrogens is 1. The number of nitrogens with one attached hydrogen (secondary N) is 1. The van der Waals surface area contributed by atoms with Crippen LogP contribution in [0, 0.1) is 6.92 Å². The minimum atomic E-state index is 0.683. The van der Waals surface area contributed by atoms with E-state index >= 15 is 0 Å². The number of nitrogens with zero attached hydrogens (tertiary/aromatic N) is 1. The number of halogens is 1. The zero-order valence-corrected chi connectivity index (χ0v) is 11.6. The van der Waals surface area contributed by atoms with Gasteiger partial charge in [-0.3, -0.25) is 0 Å². The summed E-state index contributed by atoms with van der Waals surface area (Å²) in [6.07, 6.45) is 1.78. The Balaban J connectivity index is 2.18. The third-order valence-electron chi connectivity index (χ3n) is 2.18. The highest BCUT2D eigenvalue weighted by Crippen LogP contribution is 2.34. The van der Waals surface area contributed by atoms with Crippen molar-refractivity contribution in [1.29, 1.82) is 0 Å². The van der Waals surface area contributed by atoms with Gasteiger partial charge in [-0.2, -0.15) is 0 Å². The van der Waals surface area contributed by atoms with Gasteiger partial charge in [-0.05, 0) is 41.0 Å². The minimum absolute atomic E-state index is 0.683. The van der Waals surface area contributed by atoms with Gasteiger partial charge in [0.1, 0.15) is 0 Å². The molecule has 0 radical (unpaired) electrons. The van der Waals surface area contributed by atoms with Crippen LogP contribution in [-0.2, 0) is 6.54 Å². The van der Waals surface area contributed by atoms with Gasteiger partial charge in [0.2, 0.25) is 5.89 Å². The summed E-state index contributed by atoms with van der Waals surface area (Å²) in [7, 11) is 0. The van der Waals surface area contributed by atoms with Gasteiger partial charge < -0.3 is 9.73 Å². The van der Waals surface area contributed by atoms with Crippen LogP contribution in [0.2, 0.25) is 0 Å². The molecule has 2 rings (SSSR count). The van der Waals surface area contributed by atoms with E-state index < -0.39 is 0 Å². The van der Waals surface area contributed by atoms with Crippen LogP contribution in [-0.4, -0.2) is 11.5 Å². The fraction of sp³-hybridized carbons (Fsp3) is 0.364. The molecule has 0 aromatic carbocycles. The summed E-state index contributed by atoms with van der Waals surface area (Å²) in [6, 6.07) is 2.10. The standard InChI is InChI=1S/C11H13BrN2OS/c1-3-13-6-10-14-5-8(15-10)9-4-7(2)11(12)16-9/h4-5,13H,3,6H2,1-2H3. The molecule has 2 aromatic rings. The molecule has 0 saturated carbocycles. The molecule has 0 spiro atoms. The molecule has 0 aliphatic heterocycles. The van der Waals surface area contributed by atoms with Crippen molar-refractivity contribution in [3.63, 3.8) is 0 Å². The second-order valence-corrected chi connectivity index (χ2v) is 5.84. The quantitative estimate of drug-likeness (QED) is 0.938. The van der Waals surface area contributed by atoms with Crippen LogP contribution in [0.4, 0.5) is 0 Å². The van der Waals surface area contributed by atoms with E-state index in [2.05, 4.69) is 46.1 Å². The maximum Gasteiger partial charge on any atom is 0.208 e. The fourth-order valence-electron chi connectivity index (χ4n) is 1.32. The monoisotopic (exact) mass is 300 g/mol. The van der Waals surface area contributed by atoms with Crippen molar-refractivity contribution in [2.75, 3.05) is 6.54 Å². The van der Waals surface area contributed by atoms with Gasteiger partial charge in [-0.15, -0.1) is 11.3 Å². The summed E-state index contributed by atoms with van der Waals surface area (Å²) >= 11 is 5.17. The van der Waals surface area contributed by atoms with E-state index in [9.17, 15) is 0 Å². The Bertz CT molecular complexity index is 459. The SMILES string of the molecule is CCNCc1ncc(-c2cc(C)c(Br)s2)o1. The molecule has 0 unspecified atom stereocenters. The van der Waals surface area contributed by atoms with E-state index in [0.717, 1.165) is 26.9 Å². The van der Waals surface area contributed by atoms with E-state index in [1.807, 2.05) is 0 Å². The molecule has 0 aliphatic rings. The zero-order chi connectivity index (χ0) is 11.5. The first-order valence-electron chi connectivity index (χ1n) is 5.12. The second kappa shape index (κ2) is 5.12. The number of rotatable bonds is 4. The number of hydrogen-bond acceptors (Lipinski definition) is 4. The van der Waals surface area contributed by atoms with Gasteiger partial charge in [0.15, 0.2) is 5.76 Å². The molecule has 86 valence electrons. The van der Waals surface area contributed by atoms with Crippen LogP contribution in [0.1, 0.15) is 18.4 Å². The van der Waals surface area contributed by atoms with Crippen molar-refractivity contribution in [3.8, 4) is 10.6 Å². The molecular formula is C11H13BrN2OS. The Hall–Kier alpha value is -0.650. The smallest absolute Gasteiger partial charge is 0.208 e. The predicted octanol–water partition coefficient (Wildman–Crippen LogP) is 3.58. The highest BCUT2D eigenvalue weighted by molar-refractivity contribution is 9.11. The zero-order valence-electron chi connectivity index (χ0n) is 9.21. The summed E-state index contributed by atoms with van der Waals surface area (Å²) in [6.45, 7) is 5.73. The van der Waals surface area contributed by atoms with Crippen molar-refractivity contribution in [1.82, 2.24) is 10.3 Å². The van der Waals surface area contributed by atoms with E-state index in [-0.39, 0.29) is 0 Å². The van der Waals surface area contributed by atoms with Crippen molar-refractivity contribution in [3.05, 3.63) is 27.5 Å². The third-order valence-corrected chi connectivity index (χ3v) is 4.33. The second-order valence-electron chi connectivity index (χ2n) is 3.47. The van der Waals surface area contributed by atoms with Crippen molar-refractivity contribution in [2.24, 2.45) is 0 Å². The molecule has 0 atom stereocenters. The molecule has 0 fully saturated rings. The molecule has 2 heterocycles. The van der Waals surface area contributed by atoms with Crippen molar-refractivity contribution in [2.45, 2.75) is 20.4 Å². The van der Waals surface area contributed by atoms with Gasteiger partial charge >= 0.3 is 0 Å². The molecule has 3 nitrogen and oxygen atoms in total. The van der Waals surface area contributed by atoms with Crippen molar-refractivity contribution >= 4 is 27.3 Å². The van der Waals surface area contributed by atoms with E-state index in [0.29, 0.717) is 6.54 Å². The maximum atomic E-state index is 5.66. The summed E-state index contributed by atoms with van der Waals surface area (Å²) in [5.41, 5.74) is 1.23. The Kier molecular flexibility index (Phi) is 3.78. The highest BCUT2D eigenvalue weighted by atomic mass is 79.9. The highest BCUT2D eigenvalue weighted by Gasteiger charge is 2.10. The van der Waals surface area contributed by atoms with Crippen LogP contribution in [0.3, 0.4) is 0 Å². The molecule has 5 heteroatoms. The molecular weight excluding hydrogens is 288 g/mol. The van der Waals surface area contributed by atoms with Gasteiger partial charge in [-0.25, -0.2) is 4.98 Å². The summed E-state index contributed by atoms with van der Waals surface area (Å²) in [5.74, 6) is 1.57. The predicted molar refractivity (Wildman–Crippen MR) is 69.6 cm³/mol. The molecule has 2 aromatic heterocycles. The molecule has 0 saturated heterocycles. The molecule has 16 heavy (non-hydrogen) atoms. The van der Waals surface area contributed by atoms with E-state index in [1.54, 1.807) is 17.5 Å². The van der Waals surface area contributed by atoms with Gasteiger partial charge in [0, 0.05) is 0 Å². The maximum absolute atomic E-state index is 5.66. The van der Waals surface area contributed by atoms with Gasteiger partial charge in [0.25, 0.3) is 0 Å². The van der Waals surface area contributed by atoms with Crippen LogP contribution in [0.25, 0.3) is 10.6 Å². The third kappa shape index (κ3) is 2.53. The van der Waals surface area contributed by atoms with Crippen LogP contribution in [0.5, 0.6) is 0 Å². The average Bonchev–Trinajstić information content (AvgIpc) is 2.84. The Morgan fingerprint density at radius 2 is 2.38 bits per heavy atom. The number of aryl methyl sites for hydroxylation is 1. The number of thiophene rings is 1. The lowest BCUT2D eigenvalue weighted by Gasteiger charge is -1.94. The number of hydrogen-bond donors (Lipinski definition) is 1. The van der Waals surface area contributed by atoms with E-state index in [1.165, 1.54) is 5.56 Å². The molecule has 0 aliphatic carbocycles.